The third-order valence-electron chi connectivity index (χ3n) is 9.27. The second-order valence-corrected chi connectivity index (χ2v) is 14.0. The molecule has 0 aromatic carbocycles. The van der Waals surface area contributed by atoms with E-state index in [4.69, 9.17) is 4.74 Å². The van der Waals surface area contributed by atoms with Gasteiger partial charge in [-0.3, -0.25) is 0 Å². The molecule has 0 aliphatic carbocycles. The molecule has 0 N–H and O–H groups in total. The van der Waals surface area contributed by atoms with E-state index in [-0.39, 0.29) is 36.0 Å². The van der Waals surface area contributed by atoms with Crippen LogP contribution < -0.4 is 34.7 Å². The van der Waals surface area contributed by atoms with E-state index in [9.17, 15) is 9.90 Å². The van der Waals surface area contributed by atoms with Gasteiger partial charge in [0.05, 0.1) is 0 Å². The van der Waals surface area contributed by atoms with Crippen molar-refractivity contribution in [2.24, 2.45) is 0 Å². The van der Waals surface area contributed by atoms with Crippen molar-refractivity contribution < 1.29 is 44.2 Å². The third-order valence-corrected chi connectivity index (χ3v) is 9.27. The first-order valence-electron chi connectivity index (χ1n) is 21.0. The predicted molar refractivity (Wildman–Crippen MR) is 199 cm³/mol. The molecule has 0 heterocycles. The molecule has 46 heavy (non-hydrogen) atoms. The first-order valence-corrected chi connectivity index (χ1v) is 21.0. The Morgan fingerprint density at radius 2 is 0.543 bits per heavy atom. The van der Waals surface area contributed by atoms with E-state index in [0.717, 1.165) is 26.1 Å². The van der Waals surface area contributed by atoms with Gasteiger partial charge in [0.25, 0.3) is 0 Å². The van der Waals surface area contributed by atoms with Crippen LogP contribution in [0.3, 0.4) is 0 Å². The van der Waals surface area contributed by atoms with Crippen molar-refractivity contribution in [3.8, 4) is 0 Å². The number of carboxylic acids is 1. The Morgan fingerprint density at radius 1 is 0.348 bits per heavy atom. The molecule has 0 bridgehead atoms. The van der Waals surface area contributed by atoms with Crippen molar-refractivity contribution in [3.63, 3.8) is 0 Å². The summed E-state index contributed by atoms with van der Waals surface area (Å²) >= 11 is 0. The van der Waals surface area contributed by atoms with Crippen molar-refractivity contribution in [1.82, 2.24) is 0 Å². The van der Waals surface area contributed by atoms with Crippen LogP contribution >= 0.6 is 0 Å². The summed E-state index contributed by atoms with van der Waals surface area (Å²) in [5.41, 5.74) is 0. The summed E-state index contributed by atoms with van der Waals surface area (Å²) in [4.78, 5) is 10.2. The molecule has 4 heteroatoms. The summed E-state index contributed by atoms with van der Waals surface area (Å²) in [7, 11) is 0. The summed E-state index contributed by atoms with van der Waals surface area (Å²) in [6, 6.07) is 0. The van der Waals surface area contributed by atoms with Gasteiger partial charge in [-0.1, -0.05) is 226 Å². The van der Waals surface area contributed by atoms with Gasteiger partial charge in [-0.25, -0.2) is 0 Å². The number of unbranched alkanes of at least 4 members (excludes halogenated alkanes) is 32. The molecule has 0 aliphatic rings. The minimum atomic E-state index is -0.903. The fraction of sp³-hybridized carbons (Fsp3) is 0.976. The first-order chi connectivity index (χ1) is 22.2. The topological polar surface area (TPSA) is 49.4 Å². The number of hydrogen-bond acceptors (Lipinski definition) is 3. The van der Waals surface area contributed by atoms with Gasteiger partial charge < -0.3 is 14.6 Å². The van der Waals surface area contributed by atoms with Crippen LogP contribution in [0.2, 0.25) is 0 Å². The maximum absolute atomic E-state index is 10.2. The van der Waals surface area contributed by atoms with Crippen molar-refractivity contribution in [2.75, 3.05) is 13.2 Å². The number of carbonyl (C=O) groups is 1. The maximum atomic E-state index is 10.2. The summed E-state index contributed by atoms with van der Waals surface area (Å²) < 4.78 is 5.78. The number of carbonyl (C=O) groups excluding carboxylic acids is 1. The average Bonchev–Trinajstić information content (AvgIpc) is 3.04. The Morgan fingerprint density at radius 3 is 0.761 bits per heavy atom. The molecular weight excluding hydrogens is 575 g/mol. The Bertz CT molecular complexity index is 491. The van der Waals surface area contributed by atoms with Crippen molar-refractivity contribution in [1.29, 1.82) is 0 Å². The minimum Gasteiger partial charge on any atom is -0.550 e. The normalized spacial score (nSPS) is 10.8. The van der Waals surface area contributed by atoms with Gasteiger partial charge in [-0.05, 0) is 25.7 Å². The maximum Gasteiger partial charge on any atom is 1.00 e. The summed E-state index contributed by atoms with van der Waals surface area (Å²) in [5, 5.41) is 10.2. The second-order valence-electron chi connectivity index (χ2n) is 14.0. The second kappa shape index (κ2) is 49.8. The predicted octanol–water partition coefficient (Wildman–Crippen LogP) is 10.8. The number of hydrogen-bond donors (Lipinski definition) is 0. The number of carboxylic acid groups (broad SMARTS) is 1. The first kappa shape index (κ1) is 50.8. The van der Waals surface area contributed by atoms with Crippen LogP contribution in [0.15, 0.2) is 0 Å². The Balaban J connectivity index is -0.000000806. The molecule has 3 nitrogen and oxygen atoms in total. The van der Waals surface area contributed by atoms with Crippen LogP contribution in [0.1, 0.15) is 252 Å². The van der Waals surface area contributed by atoms with Crippen LogP contribution in [0.4, 0.5) is 0 Å². The van der Waals surface area contributed by atoms with Crippen molar-refractivity contribution >= 4 is 5.97 Å². The molecule has 0 spiro atoms. The van der Waals surface area contributed by atoms with Crippen LogP contribution in [0.25, 0.3) is 0 Å². The van der Waals surface area contributed by atoms with Crippen LogP contribution in [-0.4, -0.2) is 19.2 Å². The summed E-state index contributed by atoms with van der Waals surface area (Å²) in [5.74, 6) is -0.903. The van der Waals surface area contributed by atoms with Crippen LogP contribution in [0, 0.1) is 0 Å². The Labute approximate surface area is 313 Å². The average molecular weight is 661 g/mol. The van der Waals surface area contributed by atoms with Gasteiger partial charge in [0.2, 0.25) is 0 Å². The van der Waals surface area contributed by atoms with E-state index < -0.39 is 5.97 Å². The van der Waals surface area contributed by atoms with E-state index in [2.05, 4.69) is 20.8 Å². The molecule has 0 saturated heterocycles. The molecule has 0 radical (unpaired) electrons. The van der Waals surface area contributed by atoms with Gasteiger partial charge in [0.1, 0.15) is 0 Å². The van der Waals surface area contributed by atoms with E-state index in [1.807, 2.05) is 0 Å². The van der Waals surface area contributed by atoms with Gasteiger partial charge in [-0.2, -0.15) is 0 Å². The van der Waals surface area contributed by atoms with Crippen LogP contribution in [-0.2, 0) is 9.53 Å². The summed E-state index contributed by atoms with van der Waals surface area (Å²) in [6.45, 7) is 8.84. The zero-order valence-corrected chi connectivity index (χ0v) is 34.6. The fourth-order valence-electron chi connectivity index (χ4n) is 6.13. The zero-order chi connectivity index (χ0) is 33.2. The Hall–Kier alpha value is 0.430. The van der Waals surface area contributed by atoms with Gasteiger partial charge in [0.15, 0.2) is 0 Å². The molecule has 0 aromatic heterocycles. The molecule has 0 aromatic rings. The van der Waals surface area contributed by atoms with Crippen molar-refractivity contribution in [3.05, 3.63) is 0 Å². The molecule has 0 amide bonds. The molecule has 0 unspecified atom stereocenters. The SMILES string of the molecule is CCCCCCCCCCCCCCCCCC(=O)[O-].CCCCCCCCCCCCOCCCCCCCCCCCC.[Na+]. The molecule has 0 rings (SSSR count). The molecule has 272 valence electrons. The minimum absolute atomic E-state index is 0. The smallest absolute Gasteiger partial charge is 0.550 e. The van der Waals surface area contributed by atoms with E-state index >= 15 is 0 Å². The standard InChI is InChI=1S/C24H50O.C18H36O2.Na/c1-3-5-7-9-11-13-15-17-19-21-23-25-24-22-20-18-16-14-12-10-8-6-4-2;1-2-3-4-5-6-7-8-9-10-11-12-13-14-15-16-17-18(19)20;/h3-24H2,1-2H3;2-17H2,1H3,(H,19,20);/q;;+1/p-1. The summed E-state index contributed by atoms with van der Waals surface area (Å²) in [6.07, 6.45) is 48.0. The quantitative estimate of drug-likeness (QED) is 0.0489. The molecule has 0 aliphatic heterocycles. The monoisotopic (exact) mass is 661 g/mol. The van der Waals surface area contributed by atoms with Gasteiger partial charge >= 0.3 is 29.6 Å². The molecule has 0 atom stereocenters. The number of rotatable bonds is 38. The van der Waals surface area contributed by atoms with Gasteiger partial charge in [0, 0.05) is 19.2 Å². The molecule has 0 fully saturated rings. The largest absolute Gasteiger partial charge is 1.00 e. The van der Waals surface area contributed by atoms with E-state index in [1.165, 1.54) is 212 Å². The third kappa shape index (κ3) is 53.9. The van der Waals surface area contributed by atoms with Crippen molar-refractivity contribution in [2.45, 2.75) is 252 Å². The van der Waals surface area contributed by atoms with Gasteiger partial charge in [-0.15, -0.1) is 0 Å². The van der Waals surface area contributed by atoms with E-state index in [1.54, 1.807) is 0 Å². The fourth-order valence-corrected chi connectivity index (χ4v) is 6.13. The molecular formula is C42H85NaO3. The Kier molecular flexibility index (Phi) is 55.0. The van der Waals surface area contributed by atoms with E-state index in [0.29, 0.717) is 0 Å². The number of ether oxygens (including phenoxy) is 1. The van der Waals surface area contributed by atoms with Crippen LogP contribution in [0.5, 0.6) is 0 Å². The molecule has 0 saturated carbocycles. The number of aliphatic carboxylic acids is 1. The zero-order valence-electron chi connectivity index (χ0n) is 32.6.